The molecule has 4 saturated carbocycles. The quantitative estimate of drug-likeness (QED) is 0.208. The SMILES string of the molecule is CCCCCCCCC1CCC2C3CC=C4CC(SC(=O)CC5CCCCC5)CCC4(C)C3CCC12C. The van der Waals surface area contributed by atoms with E-state index in [-0.39, 0.29) is 0 Å². The van der Waals surface area contributed by atoms with Gasteiger partial charge in [0, 0.05) is 11.7 Å². The zero-order valence-corrected chi connectivity index (χ0v) is 25.5. The highest BCUT2D eigenvalue weighted by Gasteiger charge is 2.58. The smallest absolute Gasteiger partial charge is 0.189 e. The molecule has 5 aliphatic rings. The molecule has 0 aromatic rings. The van der Waals surface area contributed by atoms with Crippen molar-refractivity contribution >= 4 is 16.9 Å². The Bertz CT molecular complexity index is 795. The minimum atomic E-state index is 0.422. The topological polar surface area (TPSA) is 17.1 Å². The van der Waals surface area contributed by atoms with Gasteiger partial charge in [-0.05, 0) is 111 Å². The summed E-state index contributed by atoms with van der Waals surface area (Å²) in [5, 5.41) is 1.06. The molecule has 0 heterocycles. The summed E-state index contributed by atoms with van der Waals surface area (Å²) in [6.45, 7) is 7.69. The van der Waals surface area contributed by atoms with Crippen molar-refractivity contribution in [3.63, 3.8) is 0 Å². The van der Waals surface area contributed by atoms with Crippen LogP contribution in [-0.2, 0) is 4.79 Å². The second-order valence-electron chi connectivity index (χ2n) is 14.7. The first-order valence-corrected chi connectivity index (χ1v) is 17.7. The first-order chi connectivity index (χ1) is 17.9. The number of rotatable bonds is 10. The van der Waals surface area contributed by atoms with Gasteiger partial charge in [-0.15, -0.1) is 0 Å². The molecular formula is C35H58OS. The van der Waals surface area contributed by atoms with E-state index >= 15 is 0 Å². The normalized spacial score (nSPS) is 40.0. The van der Waals surface area contributed by atoms with Crippen LogP contribution in [0.15, 0.2) is 11.6 Å². The Morgan fingerprint density at radius 1 is 0.892 bits per heavy atom. The molecule has 210 valence electrons. The average molecular weight is 527 g/mol. The van der Waals surface area contributed by atoms with Gasteiger partial charge in [-0.25, -0.2) is 0 Å². The molecule has 37 heavy (non-hydrogen) atoms. The molecule has 0 amide bonds. The fourth-order valence-electron chi connectivity index (χ4n) is 10.3. The van der Waals surface area contributed by atoms with Crippen molar-refractivity contribution in [1.29, 1.82) is 0 Å². The predicted molar refractivity (Wildman–Crippen MR) is 161 cm³/mol. The minimum absolute atomic E-state index is 0.422. The number of hydrogen-bond acceptors (Lipinski definition) is 2. The number of unbranched alkanes of at least 4 members (excludes halogenated alkanes) is 5. The maximum Gasteiger partial charge on any atom is 0.189 e. The minimum Gasteiger partial charge on any atom is -0.287 e. The first-order valence-electron chi connectivity index (χ1n) is 16.8. The number of thioether (sulfide) groups is 1. The zero-order valence-electron chi connectivity index (χ0n) is 24.7. The van der Waals surface area contributed by atoms with Gasteiger partial charge >= 0.3 is 0 Å². The van der Waals surface area contributed by atoms with E-state index in [0.717, 1.165) is 30.1 Å². The van der Waals surface area contributed by atoms with Crippen LogP contribution in [0, 0.1) is 40.4 Å². The van der Waals surface area contributed by atoms with E-state index in [2.05, 4.69) is 26.8 Å². The maximum absolute atomic E-state index is 12.9. The molecule has 1 nitrogen and oxygen atoms in total. The molecular weight excluding hydrogens is 468 g/mol. The molecule has 0 bridgehead atoms. The Hall–Kier alpha value is -0.240. The third-order valence-electron chi connectivity index (χ3n) is 12.6. The summed E-state index contributed by atoms with van der Waals surface area (Å²) in [5.74, 6) is 4.48. The van der Waals surface area contributed by atoms with Gasteiger partial charge in [0.1, 0.15) is 0 Å². The van der Waals surface area contributed by atoms with Gasteiger partial charge < -0.3 is 0 Å². The summed E-state index contributed by atoms with van der Waals surface area (Å²) >= 11 is 1.75. The van der Waals surface area contributed by atoms with Gasteiger partial charge in [-0.2, -0.15) is 0 Å². The van der Waals surface area contributed by atoms with Crippen molar-refractivity contribution in [3.8, 4) is 0 Å². The van der Waals surface area contributed by atoms with E-state index in [1.165, 1.54) is 128 Å². The molecule has 0 aromatic carbocycles. The number of allylic oxidation sites excluding steroid dienone is 2. The van der Waals surface area contributed by atoms with Gasteiger partial charge in [0.25, 0.3) is 0 Å². The van der Waals surface area contributed by atoms with Crippen molar-refractivity contribution in [3.05, 3.63) is 11.6 Å². The van der Waals surface area contributed by atoms with E-state index < -0.39 is 0 Å². The number of carbonyl (C=O) groups is 1. The van der Waals surface area contributed by atoms with Gasteiger partial charge in [0.05, 0.1) is 0 Å². The van der Waals surface area contributed by atoms with Crippen molar-refractivity contribution < 1.29 is 4.79 Å². The highest BCUT2D eigenvalue weighted by Crippen LogP contribution is 2.67. The summed E-state index contributed by atoms with van der Waals surface area (Å²) in [6.07, 6.45) is 31.5. The van der Waals surface area contributed by atoms with Crippen molar-refractivity contribution in [2.45, 2.75) is 161 Å². The largest absolute Gasteiger partial charge is 0.287 e. The van der Waals surface area contributed by atoms with E-state index in [0.29, 0.717) is 27.1 Å². The van der Waals surface area contributed by atoms with Gasteiger partial charge in [0.2, 0.25) is 0 Å². The summed E-state index contributed by atoms with van der Waals surface area (Å²) in [5.41, 5.74) is 2.80. The average Bonchev–Trinajstić information content (AvgIpc) is 3.23. The van der Waals surface area contributed by atoms with Gasteiger partial charge in [0.15, 0.2) is 5.12 Å². The molecule has 0 N–H and O–H groups in total. The van der Waals surface area contributed by atoms with Gasteiger partial charge in [-0.1, -0.05) is 102 Å². The van der Waals surface area contributed by atoms with E-state index in [1.54, 1.807) is 17.3 Å². The van der Waals surface area contributed by atoms with Crippen molar-refractivity contribution in [1.82, 2.24) is 0 Å². The van der Waals surface area contributed by atoms with Crippen LogP contribution in [0.5, 0.6) is 0 Å². The van der Waals surface area contributed by atoms with E-state index in [9.17, 15) is 4.79 Å². The molecule has 7 unspecified atom stereocenters. The Kier molecular flexibility index (Phi) is 9.57. The summed E-state index contributed by atoms with van der Waals surface area (Å²) in [6, 6.07) is 0. The lowest BCUT2D eigenvalue weighted by atomic mass is 9.47. The lowest BCUT2D eigenvalue weighted by Crippen LogP contribution is -2.50. The Morgan fingerprint density at radius 3 is 2.49 bits per heavy atom. The fourth-order valence-corrected chi connectivity index (χ4v) is 11.5. The third-order valence-corrected chi connectivity index (χ3v) is 13.8. The number of fused-ring (bicyclic) bond motifs is 5. The second-order valence-corrected chi connectivity index (χ2v) is 16.1. The molecule has 0 aliphatic heterocycles. The second kappa shape index (κ2) is 12.5. The molecule has 0 radical (unpaired) electrons. The highest BCUT2D eigenvalue weighted by molar-refractivity contribution is 8.14. The van der Waals surface area contributed by atoms with E-state index in [1.807, 2.05) is 0 Å². The van der Waals surface area contributed by atoms with Crippen LogP contribution in [-0.4, -0.2) is 10.4 Å². The molecule has 5 rings (SSSR count). The van der Waals surface area contributed by atoms with Crippen LogP contribution in [0.25, 0.3) is 0 Å². The lowest BCUT2D eigenvalue weighted by molar-refractivity contribution is -0.112. The van der Waals surface area contributed by atoms with Crippen LogP contribution >= 0.6 is 11.8 Å². The Morgan fingerprint density at radius 2 is 1.68 bits per heavy atom. The number of carbonyl (C=O) groups excluding carboxylic acids is 1. The summed E-state index contributed by atoms with van der Waals surface area (Å²) in [4.78, 5) is 12.9. The van der Waals surface area contributed by atoms with Crippen molar-refractivity contribution in [2.24, 2.45) is 40.4 Å². The van der Waals surface area contributed by atoms with Crippen LogP contribution in [0.4, 0.5) is 0 Å². The zero-order chi connectivity index (χ0) is 25.9. The molecule has 0 spiro atoms. The van der Waals surface area contributed by atoms with Gasteiger partial charge in [-0.3, -0.25) is 4.79 Å². The van der Waals surface area contributed by atoms with E-state index in [4.69, 9.17) is 0 Å². The van der Waals surface area contributed by atoms with Crippen LogP contribution < -0.4 is 0 Å². The highest BCUT2D eigenvalue weighted by atomic mass is 32.2. The Balaban J connectivity index is 1.16. The van der Waals surface area contributed by atoms with Crippen LogP contribution in [0.2, 0.25) is 0 Å². The maximum atomic E-state index is 12.9. The standard InChI is InChI=1S/C35H58OS/c1-4-5-6-7-8-12-15-27-17-19-31-30-18-16-28-25-29(37-33(36)24-26-13-10-9-11-14-26)20-22-35(28,3)32(30)21-23-34(27,31)2/h16,26-27,29-32H,4-15,17-25H2,1-3H3. The molecule has 0 aromatic heterocycles. The molecule has 2 heteroatoms. The summed E-state index contributed by atoms with van der Waals surface area (Å²) in [7, 11) is 0. The van der Waals surface area contributed by atoms with Crippen LogP contribution in [0.3, 0.4) is 0 Å². The molecule has 0 saturated heterocycles. The Labute approximate surface area is 234 Å². The van der Waals surface area contributed by atoms with Crippen LogP contribution in [0.1, 0.15) is 156 Å². The first kappa shape index (κ1) is 28.3. The fraction of sp³-hybridized carbons (Fsp3) is 0.914. The van der Waals surface area contributed by atoms with Crippen molar-refractivity contribution in [2.75, 3.05) is 0 Å². The lowest BCUT2D eigenvalue weighted by Gasteiger charge is -2.58. The molecule has 5 aliphatic carbocycles. The summed E-state index contributed by atoms with van der Waals surface area (Å²) < 4.78 is 0. The molecule has 7 atom stereocenters. The predicted octanol–water partition coefficient (Wildman–Crippen LogP) is 10.9. The monoisotopic (exact) mass is 526 g/mol. The third kappa shape index (κ3) is 6.10. The molecule has 4 fully saturated rings. The number of hydrogen-bond donors (Lipinski definition) is 0.